The van der Waals surface area contributed by atoms with Gasteiger partial charge in [0.1, 0.15) is 11.9 Å². The van der Waals surface area contributed by atoms with Crippen LogP contribution < -0.4 is 10.1 Å². The highest BCUT2D eigenvalue weighted by Crippen LogP contribution is 2.21. The van der Waals surface area contributed by atoms with Gasteiger partial charge in [-0.3, -0.25) is 4.98 Å². The molecule has 0 bridgehead atoms. The molecule has 0 saturated heterocycles. The molecule has 1 aromatic heterocycles. The lowest BCUT2D eigenvalue weighted by molar-refractivity contribution is 0.140. The van der Waals surface area contributed by atoms with E-state index in [9.17, 15) is 0 Å². The van der Waals surface area contributed by atoms with Crippen molar-refractivity contribution in [2.75, 3.05) is 6.54 Å². The summed E-state index contributed by atoms with van der Waals surface area (Å²) in [5.74, 6) is 1.33. The molecule has 1 heterocycles. The fourth-order valence-electron chi connectivity index (χ4n) is 2.11. The van der Waals surface area contributed by atoms with Crippen molar-refractivity contribution >= 4 is 10.9 Å². The molecule has 0 spiro atoms. The monoisotopic (exact) mass is 286 g/mol. The SMILES string of the molecule is CC(C)C(CNC(C)(C)C)Oc1ccc2cccnc2c1. The number of pyridine rings is 1. The smallest absolute Gasteiger partial charge is 0.122 e. The number of nitrogens with one attached hydrogen (secondary N) is 1. The molecule has 3 heteroatoms. The number of hydrogen-bond acceptors (Lipinski definition) is 3. The van der Waals surface area contributed by atoms with Gasteiger partial charge in [-0.15, -0.1) is 0 Å². The van der Waals surface area contributed by atoms with Crippen LogP contribution in [0, 0.1) is 5.92 Å². The van der Waals surface area contributed by atoms with Gasteiger partial charge in [0.2, 0.25) is 0 Å². The Kier molecular flexibility index (Phi) is 4.84. The molecule has 2 aromatic rings. The Morgan fingerprint density at radius 3 is 2.62 bits per heavy atom. The predicted molar refractivity (Wildman–Crippen MR) is 88.8 cm³/mol. The summed E-state index contributed by atoms with van der Waals surface area (Å²) in [5.41, 5.74) is 1.07. The largest absolute Gasteiger partial charge is 0.489 e. The summed E-state index contributed by atoms with van der Waals surface area (Å²) in [5, 5.41) is 4.66. The minimum absolute atomic E-state index is 0.0987. The number of nitrogens with zero attached hydrogens (tertiary/aromatic N) is 1. The van der Waals surface area contributed by atoms with Crippen LogP contribution in [-0.4, -0.2) is 23.2 Å². The highest BCUT2D eigenvalue weighted by Gasteiger charge is 2.18. The molecule has 0 aliphatic rings. The van der Waals surface area contributed by atoms with E-state index in [1.807, 2.05) is 24.4 Å². The first-order valence-corrected chi connectivity index (χ1v) is 7.61. The van der Waals surface area contributed by atoms with Gasteiger partial charge in [-0.2, -0.15) is 0 Å². The maximum Gasteiger partial charge on any atom is 0.122 e. The highest BCUT2D eigenvalue weighted by molar-refractivity contribution is 5.79. The molecule has 0 fully saturated rings. The number of ether oxygens (including phenoxy) is 1. The average Bonchev–Trinajstić information content (AvgIpc) is 2.42. The van der Waals surface area contributed by atoms with E-state index < -0.39 is 0 Å². The molecule has 1 unspecified atom stereocenters. The van der Waals surface area contributed by atoms with Gasteiger partial charge in [-0.05, 0) is 44.9 Å². The zero-order chi connectivity index (χ0) is 15.5. The van der Waals surface area contributed by atoms with Gasteiger partial charge >= 0.3 is 0 Å². The number of benzene rings is 1. The van der Waals surface area contributed by atoms with Crippen LogP contribution in [-0.2, 0) is 0 Å². The quantitative estimate of drug-likeness (QED) is 0.901. The normalized spacial score (nSPS) is 13.6. The van der Waals surface area contributed by atoms with Crippen molar-refractivity contribution in [2.45, 2.75) is 46.3 Å². The zero-order valence-corrected chi connectivity index (χ0v) is 13.7. The van der Waals surface area contributed by atoms with E-state index in [-0.39, 0.29) is 11.6 Å². The van der Waals surface area contributed by atoms with Crippen LogP contribution in [0.25, 0.3) is 10.9 Å². The third-order valence-corrected chi connectivity index (χ3v) is 3.44. The second kappa shape index (κ2) is 6.44. The van der Waals surface area contributed by atoms with Crippen molar-refractivity contribution in [3.63, 3.8) is 0 Å². The van der Waals surface area contributed by atoms with E-state index in [0.29, 0.717) is 5.92 Å². The Hall–Kier alpha value is -1.61. The average molecular weight is 286 g/mol. The number of aromatic nitrogens is 1. The van der Waals surface area contributed by atoms with Crippen molar-refractivity contribution in [2.24, 2.45) is 5.92 Å². The minimum Gasteiger partial charge on any atom is -0.489 e. The van der Waals surface area contributed by atoms with Crippen molar-refractivity contribution in [1.29, 1.82) is 0 Å². The standard InChI is InChI=1S/C18H26N2O/c1-13(2)17(12-20-18(3,4)5)21-15-9-8-14-7-6-10-19-16(14)11-15/h6-11,13,17,20H,12H2,1-5H3. The topological polar surface area (TPSA) is 34.1 Å². The van der Waals surface area contributed by atoms with Crippen molar-refractivity contribution in [3.05, 3.63) is 36.5 Å². The fraction of sp³-hybridized carbons (Fsp3) is 0.500. The van der Waals surface area contributed by atoms with Gasteiger partial charge in [0.15, 0.2) is 0 Å². The van der Waals surface area contributed by atoms with Crippen LogP contribution in [0.15, 0.2) is 36.5 Å². The number of hydrogen-bond donors (Lipinski definition) is 1. The van der Waals surface area contributed by atoms with Crippen molar-refractivity contribution in [3.8, 4) is 5.75 Å². The minimum atomic E-state index is 0.0987. The molecule has 1 N–H and O–H groups in total. The summed E-state index contributed by atoms with van der Waals surface area (Å²) in [6.45, 7) is 11.7. The first kappa shape index (κ1) is 15.8. The lowest BCUT2D eigenvalue weighted by atomic mass is 10.0. The van der Waals surface area contributed by atoms with Crippen molar-refractivity contribution in [1.82, 2.24) is 10.3 Å². The molecule has 3 nitrogen and oxygen atoms in total. The van der Waals surface area contributed by atoms with Gasteiger partial charge in [0, 0.05) is 29.7 Å². The molecule has 114 valence electrons. The van der Waals surface area contributed by atoms with Crippen LogP contribution >= 0.6 is 0 Å². The Bertz CT molecular complexity index is 587. The maximum atomic E-state index is 6.18. The van der Waals surface area contributed by atoms with E-state index in [1.54, 1.807) is 0 Å². The highest BCUT2D eigenvalue weighted by atomic mass is 16.5. The molecular weight excluding hydrogens is 260 g/mol. The van der Waals surface area contributed by atoms with E-state index in [2.05, 4.69) is 57.1 Å². The first-order chi connectivity index (χ1) is 9.85. The van der Waals surface area contributed by atoms with Crippen LogP contribution in [0.4, 0.5) is 0 Å². The van der Waals surface area contributed by atoms with Crippen LogP contribution in [0.3, 0.4) is 0 Å². The van der Waals surface area contributed by atoms with Crippen molar-refractivity contribution < 1.29 is 4.74 Å². The Labute approximate surface area is 127 Å². The fourth-order valence-corrected chi connectivity index (χ4v) is 2.11. The van der Waals surface area contributed by atoms with Gasteiger partial charge in [0.25, 0.3) is 0 Å². The number of fused-ring (bicyclic) bond motifs is 1. The predicted octanol–water partition coefficient (Wildman–Crippen LogP) is 4.03. The van der Waals surface area contributed by atoms with E-state index >= 15 is 0 Å². The van der Waals surface area contributed by atoms with Crippen LogP contribution in [0.5, 0.6) is 5.75 Å². The van der Waals surface area contributed by atoms with E-state index in [4.69, 9.17) is 4.74 Å². The summed E-state index contributed by atoms with van der Waals surface area (Å²) in [6.07, 6.45) is 1.96. The lowest BCUT2D eigenvalue weighted by Crippen LogP contribution is -2.44. The molecule has 0 aliphatic heterocycles. The van der Waals surface area contributed by atoms with Gasteiger partial charge in [0.05, 0.1) is 5.52 Å². The van der Waals surface area contributed by atoms with Crippen LogP contribution in [0.2, 0.25) is 0 Å². The van der Waals surface area contributed by atoms with E-state index in [0.717, 1.165) is 23.2 Å². The molecule has 1 atom stereocenters. The second-order valence-corrected chi connectivity index (χ2v) is 6.89. The first-order valence-electron chi connectivity index (χ1n) is 7.61. The Morgan fingerprint density at radius 1 is 1.19 bits per heavy atom. The summed E-state index contributed by atoms with van der Waals surface area (Å²) < 4.78 is 6.18. The molecule has 21 heavy (non-hydrogen) atoms. The Morgan fingerprint density at radius 2 is 1.95 bits per heavy atom. The molecule has 0 saturated carbocycles. The summed E-state index contributed by atoms with van der Waals surface area (Å²) in [4.78, 5) is 4.38. The number of rotatable bonds is 5. The van der Waals surface area contributed by atoms with Gasteiger partial charge < -0.3 is 10.1 Å². The molecule has 2 rings (SSSR count). The third-order valence-electron chi connectivity index (χ3n) is 3.44. The third kappa shape index (κ3) is 4.71. The zero-order valence-electron chi connectivity index (χ0n) is 13.7. The Balaban J connectivity index is 2.11. The molecule has 0 aliphatic carbocycles. The maximum absolute atomic E-state index is 6.18. The summed E-state index contributed by atoms with van der Waals surface area (Å²) in [6, 6.07) is 10.1. The molecule has 0 radical (unpaired) electrons. The lowest BCUT2D eigenvalue weighted by Gasteiger charge is -2.28. The molecule has 1 aromatic carbocycles. The summed E-state index contributed by atoms with van der Waals surface area (Å²) in [7, 11) is 0. The second-order valence-electron chi connectivity index (χ2n) is 6.89. The van der Waals surface area contributed by atoms with Gasteiger partial charge in [-0.25, -0.2) is 0 Å². The van der Waals surface area contributed by atoms with E-state index in [1.165, 1.54) is 0 Å². The molecule has 0 amide bonds. The molecular formula is C18H26N2O. The van der Waals surface area contributed by atoms with Crippen LogP contribution in [0.1, 0.15) is 34.6 Å². The van der Waals surface area contributed by atoms with Gasteiger partial charge in [-0.1, -0.05) is 19.9 Å². The summed E-state index contributed by atoms with van der Waals surface area (Å²) >= 11 is 0.